The van der Waals surface area contributed by atoms with Gasteiger partial charge in [-0.15, -0.1) is 0 Å². The van der Waals surface area contributed by atoms with Crippen molar-refractivity contribution in [3.05, 3.63) is 92.9 Å². The first-order valence-electron chi connectivity index (χ1n) is 13.2. The fourth-order valence-corrected chi connectivity index (χ4v) is 5.16. The molecule has 1 atom stereocenters. The Hall–Kier alpha value is -4.01. The van der Waals surface area contributed by atoms with Gasteiger partial charge in [-0.2, -0.15) is 0 Å². The predicted molar refractivity (Wildman–Crippen MR) is 153 cm³/mol. The molecule has 0 spiro atoms. The molecule has 0 radical (unpaired) electrons. The molecule has 1 aliphatic rings. The van der Waals surface area contributed by atoms with Crippen molar-refractivity contribution in [2.24, 2.45) is 0 Å². The summed E-state index contributed by atoms with van der Waals surface area (Å²) in [5, 5.41) is 13.4. The van der Waals surface area contributed by atoms with Crippen LogP contribution in [-0.4, -0.2) is 59.1 Å². The topological polar surface area (TPSA) is 98.9 Å². The van der Waals surface area contributed by atoms with Crippen molar-refractivity contribution in [2.75, 3.05) is 38.5 Å². The van der Waals surface area contributed by atoms with Crippen LogP contribution in [-0.2, 0) is 6.54 Å². The molecular weight excluding hydrogens is 492 g/mol. The number of nitrogens with one attached hydrogen (secondary N) is 1. The molecule has 5 rings (SSSR count). The summed E-state index contributed by atoms with van der Waals surface area (Å²) in [6.45, 7) is 10.6. The minimum Gasteiger partial charge on any atom is -0.478 e. The lowest BCUT2D eigenvalue weighted by atomic mass is 9.98. The zero-order valence-electron chi connectivity index (χ0n) is 22.8. The number of piperazine rings is 1. The average Bonchev–Trinajstić information content (AvgIpc) is 2.92. The van der Waals surface area contributed by atoms with Gasteiger partial charge in [-0.05, 0) is 63.7 Å². The van der Waals surface area contributed by atoms with Crippen molar-refractivity contribution in [1.82, 2.24) is 14.8 Å². The summed E-state index contributed by atoms with van der Waals surface area (Å²) >= 11 is 0. The second-order valence-electron chi connectivity index (χ2n) is 10.5. The molecule has 202 valence electrons. The summed E-state index contributed by atoms with van der Waals surface area (Å²) in [6, 6.07) is 14.2. The quantitative estimate of drug-likeness (QED) is 0.344. The van der Waals surface area contributed by atoms with Crippen LogP contribution in [0.2, 0.25) is 0 Å². The van der Waals surface area contributed by atoms with Crippen LogP contribution in [0, 0.1) is 13.8 Å². The number of aryl methyl sites for hydroxylation is 1. The summed E-state index contributed by atoms with van der Waals surface area (Å²) in [6.07, 6.45) is 1.78. The smallest absolute Gasteiger partial charge is 0.337 e. The molecule has 0 unspecified atom stereocenters. The van der Waals surface area contributed by atoms with E-state index in [4.69, 9.17) is 4.42 Å². The van der Waals surface area contributed by atoms with E-state index >= 15 is 0 Å². The number of para-hydroxylation sites is 1. The molecule has 0 amide bonds. The Balaban J connectivity index is 1.50. The van der Waals surface area contributed by atoms with Gasteiger partial charge in [0, 0.05) is 61.3 Å². The van der Waals surface area contributed by atoms with Gasteiger partial charge in [0.25, 0.3) is 0 Å². The largest absolute Gasteiger partial charge is 0.478 e. The number of anilines is 1. The molecule has 1 fully saturated rings. The summed E-state index contributed by atoms with van der Waals surface area (Å²) in [5.41, 5.74) is 5.05. The minimum atomic E-state index is -1.01. The zero-order chi connectivity index (χ0) is 27.7. The second-order valence-corrected chi connectivity index (χ2v) is 10.5. The van der Waals surface area contributed by atoms with Gasteiger partial charge in [-0.1, -0.05) is 18.2 Å². The lowest BCUT2D eigenvalue weighted by Gasteiger charge is -2.32. The lowest BCUT2D eigenvalue weighted by molar-refractivity contribution is 0.0698. The molecule has 4 aromatic rings. The normalized spacial score (nSPS) is 15.4. The summed E-state index contributed by atoms with van der Waals surface area (Å²) < 4.78 is 6.47. The van der Waals surface area contributed by atoms with Crippen LogP contribution in [0.3, 0.4) is 0 Å². The molecule has 1 aliphatic heterocycles. The average molecular weight is 527 g/mol. The van der Waals surface area contributed by atoms with Crippen LogP contribution >= 0.6 is 0 Å². The molecule has 39 heavy (non-hydrogen) atoms. The van der Waals surface area contributed by atoms with E-state index in [0.717, 1.165) is 55.1 Å². The maximum atomic E-state index is 13.5. The highest BCUT2D eigenvalue weighted by Gasteiger charge is 2.21. The number of fused-ring (bicyclic) bond motifs is 1. The first-order chi connectivity index (χ1) is 18.7. The number of aromatic nitrogens is 1. The number of benzene rings is 2. The van der Waals surface area contributed by atoms with Gasteiger partial charge in [0.1, 0.15) is 11.3 Å². The first kappa shape index (κ1) is 26.6. The number of carboxylic acid groups (broad SMARTS) is 1. The van der Waals surface area contributed by atoms with Gasteiger partial charge >= 0.3 is 5.97 Å². The number of rotatable bonds is 7. The van der Waals surface area contributed by atoms with E-state index in [1.807, 2.05) is 38.1 Å². The Bertz CT molecular complexity index is 1570. The first-order valence-corrected chi connectivity index (χ1v) is 13.2. The highest BCUT2D eigenvalue weighted by molar-refractivity contribution is 5.94. The Morgan fingerprint density at radius 1 is 1.10 bits per heavy atom. The van der Waals surface area contributed by atoms with Crippen molar-refractivity contribution < 1.29 is 14.3 Å². The van der Waals surface area contributed by atoms with Gasteiger partial charge in [0.05, 0.1) is 22.7 Å². The Labute approximate surface area is 227 Å². The Kier molecular flexibility index (Phi) is 7.50. The molecule has 0 bridgehead atoms. The molecule has 3 heterocycles. The molecule has 2 aromatic heterocycles. The minimum absolute atomic E-state index is 0.0872. The lowest BCUT2D eigenvalue weighted by Crippen LogP contribution is -2.43. The monoisotopic (exact) mass is 526 g/mol. The van der Waals surface area contributed by atoms with E-state index in [0.29, 0.717) is 28.0 Å². The van der Waals surface area contributed by atoms with Crippen LogP contribution in [0.4, 0.5) is 5.69 Å². The third-order valence-electron chi connectivity index (χ3n) is 7.46. The molecule has 2 aromatic carbocycles. The van der Waals surface area contributed by atoms with Crippen LogP contribution in [0.15, 0.2) is 63.9 Å². The molecule has 0 saturated carbocycles. The highest BCUT2D eigenvalue weighted by Crippen LogP contribution is 2.32. The summed E-state index contributed by atoms with van der Waals surface area (Å²) in [5.74, 6) is -0.512. The third-order valence-corrected chi connectivity index (χ3v) is 7.46. The van der Waals surface area contributed by atoms with Crippen LogP contribution < -0.4 is 10.7 Å². The fraction of sp³-hybridized carbons (Fsp3) is 0.323. The van der Waals surface area contributed by atoms with Crippen molar-refractivity contribution in [1.29, 1.82) is 0 Å². The Morgan fingerprint density at radius 3 is 2.54 bits per heavy atom. The molecule has 8 heteroatoms. The molecular formula is C31H34N4O4. The number of pyridine rings is 1. The van der Waals surface area contributed by atoms with E-state index in [1.54, 1.807) is 37.4 Å². The number of aromatic carboxylic acids is 1. The van der Waals surface area contributed by atoms with Gasteiger partial charge in [-0.3, -0.25) is 14.7 Å². The number of nitrogens with zero attached hydrogens (tertiary/aromatic N) is 3. The van der Waals surface area contributed by atoms with Crippen molar-refractivity contribution in [3.8, 4) is 11.3 Å². The van der Waals surface area contributed by atoms with E-state index < -0.39 is 5.97 Å². The zero-order valence-corrected chi connectivity index (χ0v) is 22.8. The summed E-state index contributed by atoms with van der Waals surface area (Å²) in [4.78, 5) is 34.7. The van der Waals surface area contributed by atoms with E-state index in [9.17, 15) is 14.7 Å². The van der Waals surface area contributed by atoms with E-state index in [1.165, 1.54) is 0 Å². The number of carboxylic acids is 1. The van der Waals surface area contributed by atoms with Crippen molar-refractivity contribution >= 4 is 22.6 Å². The second kappa shape index (κ2) is 11.0. The molecule has 2 N–H and O–H groups in total. The number of likely N-dealkylation sites (N-methyl/N-ethyl adjacent to an activating group) is 1. The third kappa shape index (κ3) is 5.57. The van der Waals surface area contributed by atoms with Gasteiger partial charge in [0.15, 0.2) is 5.43 Å². The number of carbonyl (C=O) groups is 1. The van der Waals surface area contributed by atoms with E-state index in [2.05, 4.69) is 27.1 Å². The SMILES string of the molecule is Cc1cc([C@@H](C)Nc2ccccc2C(=O)O)c2oc(-c3ccc(CN4CCN(C)CC4)nc3)c(C)c(=O)c2c1. The molecule has 1 saturated heterocycles. The highest BCUT2D eigenvalue weighted by atomic mass is 16.4. The van der Waals surface area contributed by atoms with E-state index in [-0.39, 0.29) is 17.0 Å². The molecule has 8 nitrogen and oxygen atoms in total. The number of hydrogen-bond donors (Lipinski definition) is 2. The van der Waals surface area contributed by atoms with Crippen LogP contribution in [0.25, 0.3) is 22.3 Å². The van der Waals surface area contributed by atoms with Crippen LogP contribution in [0.1, 0.15) is 45.7 Å². The Morgan fingerprint density at radius 2 is 1.85 bits per heavy atom. The predicted octanol–water partition coefficient (Wildman–Crippen LogP) is 5.09. The van der Waals surface area contributed by atoms with Crippen molar-refractivity contribution in [3.63, 3.8) is 0 Å². The summed E-state index contributed by atoms with van der Waals surface area (Å²) in [7, 11) is 2.14. The standard InChI is InChI=1S/C31H34N4O4/c1-19-15-25(21(3)33-27-8-6-5-7-24(27)31(37)38)30-26(16-19)28(36)20(2)29(39-30)22-9-10-23(32-17-22)18-35-13-11-34(4)12-14-35/h5-10,15-17,21,33H,11-14,18H2,1-4H3,(H,37,38)/t21-/m1/s1. The molecule has 0 aliphatic carbocycles. The van der Waals surface area contributed by atoms with Crippen LogP contribution in [0.5, 0.6) is 0 Å². The van der Waals surface area contributed by atoms with Gasteiger partial charge in [-0.25, -0.2) is 4.79 Å². The van der Waals surface area contributed by atoms with Gasteiger partial charge < -0.3 is 19.7 Å². The van der Waals surface area contributed by atoms with Crippen molar-refractivity contribution in [2.45, 2.75) is 33.4 Å². The maximum absolute atomic E-state index is 13.5. The fourth-order valence-electron chi connectivity index (χ4n) is 5.16. The maximum Gasteiger partial charge on any atom is 0.337 e. The number of hydrogen-bond acceptors (Lipinski definition) is 7. The van der Waals surface area contributed by atoms with Gasteiger partial charge in [0.2, 0.25) is 0 Å².